The maximum absolute atomic E-state index is 9.00. The van der Waals surface area contributed by atoms with Gasteiger partial charge in [0.05, 0.1) is 0 Å². The molecule has 0 saturated heterocycles. The number of likely N-dealkylation sites (N-methyl/N-ethyl adjacent to an activating group) is 2. The highest BCUT2D eigenvalue weighted by atomic mass is 16.4. The Kier molecular flexibility index (Phi) is 5.44. The molecule has 0 aliphatic carbocycles. The highest BCUT2D eigenvalue weighted by Crippen LogP contribution is 2.11. The molecule has 0 bridgehead atoms. The van der Waals surface area contributed by atoms with Crippen molar-refractivity contribution in [2.75, 3.05) is 14.1 Å². The Morgan fingerprint density at radius 3 is 2.00 bits per heavy atom. The van der Waals surface area contributed by atoms with Crippen LogP contribution < -0.4 is 0 Å². The van der Waals surface area contributed by atoms with Crippen molar-refractivity contribution in [3.05, 3.63) is 24.6 Å². The van der Waals surface area contributed by atoms with E-state index in [1.807, 2.05) is 6.92 Å². The van der Waals surface area contributed by atoms with E-state index >= 15 is 0 Å². The number of hydrogen-bond donors (Lipinski definition) is 1. The van der Waals surface area contributed by atoms with Gasteiger partial charge in [-0.05, 0) is 13.0 Å². The second-order valence-electron chi connectivity index (χ2n) is 3.09. The second kappa shape index (κ2) is 6.07. The minimum Gasteiger partial charge on any atom is -0.481 e. The maximum Gasteiger partial charge on any atom is 0.300 e. The summed E-state index contributed by atoms with van der Waals surface area (Å²) in [4.78, 5) is 13.3. The van der Waals surface area contributed by atoms with E-state index < -0.39 is 5.97 Å². The molecular weight excluding hydrogens is 180 g/mol. The van der Waals surface area contributed by atoms with Crippen LogP contribution in [-0.4, -0.2) is 41.1 Å². The van der Waals surface area contributed by atoms with E-state index in [-0.39, 0.29) is 0 Å². The van der Waals surface area contributed by atoms with Crippen molar-refractivity contribution >= 4 is 5.97 Å². The number of carboxylic acids is 1. The van der Waals surface area contributed by atoms with Crippen LogP contribution in [0.3, 0.4) is 0 Å². The molecule has 0 aromatic heterocycles. The molecule has 0 radical (unpaired) electrons. The van der Waals surface area contributed by atoms with Crippen LogP contribution in [0.1, 0.15) is 13.8 Å². The fraction of sp³-hybridized carbons (Fsp3) is 0.500. The van der Waals surface area contributed by atoms with Crippen molar-refractivity contribution in [3.63, 3.8) is 0 Å². The van der Waals surface area contributed by atoms with Gasteiger partial charge < -0.3 is 14.9 Å². The van der Waals surface area contributed by atoms with Gasteiger partial charge in [-0.2, -0.15) is 0 Å². The van der Waals surface area contributed by atoms with Gasteiger partial charge in [-0.15, -0.1) is 0 Å². The normalized spacial score (nSPS) is 16.0. The van der Waals surface area contributed by atoms with E-state index in [1.54, 1.807) is 0 Å². The summed E-state index contributed by atoms with van der Waals surface area (Å²) < 4.78 is 0. The number of carbonyl (C=O) groups is 1. The van der Waals surface area contributed by atoms with Gasteiger partial charge in [-0.3, -0.25) is 4.79 Å². The minimum absolute atomic E-state index is 0.421. The van der Waals surface area contributed by atoms with Gasteiger partial charge in [0.2, 0.25) is 0 Å². The Hall–Kier alpha value is -1.45. The molecule has 0 aromatic rings. The molecule has 0 unspecified atom stereocenters. The lowest BCUT2D eigenvalue weighted by Gasteiger charge is -2.23. The molecule has 0 spiro atoms. The Labute approximate surface area is 85.1 Å². The summed E-state index contributed by atoms with van der Waals surface area (Å²) >= 11 is 0. The molecule has 0 saturated carbocycles. The zero-order chi connectivity index (χ0) is 11.1. The standard InChI is InChI=1S/C8H14N2.C2H4O2/c1-4-5-8-9(2)6-7-10(8)3;1-2(3)4/h4-8H,1-3H3;1H3,(H,3,4). The number of nitrogens with zero attached hydrogens (tertiary/aromatic N) is 2. The molecule has 0 atom stereocenters. The number of hydrogen-bond acceptors (Lipinski definition) is 3. The molecule has 0 fully saturated rings. The van der Waals surface area contributed by atoms with Gasteiger partial charge in [0.15, 0.2) is 0 Å². The fourth-order valence-electron chi connectivity index (χ4n) is 1.12. The van der Waals surface area contributed by atoms with Crippen LogP contribution in [-0.2, 0) is 4.79 Å². The average Bonchev–Trinajstić information content (AvgIpc) is 2.35. The van der Waals surface area contributed by atoms with E-state index in [2.05, 4.69) is 48.4 Å². The molecule has 14 heavy (non-hydrogen) atoms. The summed E-state index contributed by atoms with van der Waals surface area (Å²) in [6.45, 7) is 3.12. The first-order chi connectivity index (χ1) is 6.49. The molecule has 1 aliphatic rings. The largest absolute Gasteiger partial charge is 0.481 e. The molecule has 1 aliphatic heterocycles. The Morgan fingerprint density at radius 1 is 1.36 bits per heavy atom. The van der Waals surface area contributed by atoms with Crippen LogP contribution in [0.15, 0.2) is 24.6 Å². The molecule has 0 amide bonds. The van der Waals surface area contributed by atoms with E-state index in [9.17, 15) is 0 Å². The summed E-state index contributed by atoms with van der Waals surface area (Å²) in [5.74, 6) is -0.833. The maximum atomic E-state index is 9.00. The van der Waals surface area contributed by atoms with E-state index in [1.165, 1.54) is 0 Å². The van der Waals surface area contributed by atoms with E-state index in [0.717, 1.165) is 6.92 Å². The summed E-state index contributed by atoms with van der Waals surface area (Å²) in [6, 6.07) is 0. The van der Waals surface area contributed by atoms with Crippen molar-refractivity contribution in [2.24, 2.45) is 0 Å². The van der Waals surface area contributed by atoms with Crippen LogP contribution in [0.2, 0.25) is 0 Å². The molecule has 1 N–H and O–H groups in total. The van der Waals surface area contributed by atoms with Crippen molar-refractivity contribution in [1.82, 2.24) is 9.80 Å². The average molecular weight is 198 g/mol. The molecule has 80 valence electrons. The van der Waals surface area contributed by atoms with Gasteiger partial charge in [0.1, 0.15) is 6.17 Å². The quantitative estimate of drug-likeness (QED) is 0.645. The van der Waals surface area contributed by atoms with Crippen molar-refractivity contribution < 1.29 is 9.90 Å². The van der Waals surface area contributed by atoms with Crippen LogP contribution >= 0.6 is 0 Å². The summed E-state index contributed by atoms with van der Waals surface area (Å²) in [7, 11) is 4.15. The highest BCUT2D eigenvalue weighted by molar-refractivity contribution is 5.62. The third-order valence-corrected chi connectivity index (χ3v) is 1.74. The lowest BCUT2D eigenvalue weighted by molar-refractivity contribution is -0.134. The van der Waals surface area contributed by atoms with Gasteiger partial charge in [0.25, 0.3) is 5.97 Å². The Morgan fingerprint density at radius 2 is 1.71 bits per heavy atom. The van der Waals surface area contributed by atoms with Crippen LogP contribution in [0.25, 0.3) is 0 Å². The van der Waals surface area contributed by atoms with E-state index in [0.29, 0.717) is 6.17 Å². The minimum atomic E-state index is -0.833. The third-order valence-electron chi connectivity index (χ3n) is 1.74. The molecule has 1 heterocycles. The van der Waals surface area contributed by atoms with Crippen LogP contribution in [0.5, 0.6) is 0 Å². The van der Waals surface area contributed by atoms with Crippen LogP contribution in [0, 0.1) is 0 Å². The monoisotopic (exact) mass is 198 g/mol. The number of rotatable bonds is 1. The molecule has 0 aromatic carbocycles. The smallest absolute Gasteiger partial charge is 0.300 e. The van der Waals surface area contributed by atoms with Gasteiger partial charge in [-0.25, -0.2) is 0 Å². The SMILES string of the molecule is CC(=O)O.CC=CC1N(C)C=CN1C. The molecule has 4 nitrogen and oxygen atoms in total. The van der Waals surface area contributed by atoms with E-state index in [4.69, 9.17) is 9.90 Å². The topological polar surface area (TPSA) is 43.8 Å². The molecule has 4 heteroatoms. The van der Waals surface area contributed by atoms with Gasteiger partial charge >= 0.3 is 0 Å². The Balaban J connectivity index is 0.000000364. The fourth-order valence-corrected chi connectivity index (χ4v) is 1.12. The zero-order valence-electron chi connectivity index (χ0n) is 9.14. The lowest BCUT2D eigenvalue weighted by Crippen LogP contribution is -2.31. The summed E-state index contributed by atoms with van der Waals surface area (Å²) in [5, 5.41) is 7.42. The number of carboxylic acid groups (broad SMARTS) is 1. The zero-order valence-corrected chi connectivity index (χ0v) is 9.14. The predicted octanol–water partition coefficient (Wildman–Crippen LogP) is 1.33. The summed E-state index contributed by atoms with van der Waals surface area (Å²) in [5.41, 5.74) is 0. The third kappa shape index (κ3) is 4.54. The first kappa shape index (κ1) is 12.6. The van der Waals surface area contributed by atoms with Crippen LogP contribution in [0.4, 0.5) is 0 Å². The first-order valence-corrected chi connectivity index (χ1v) is 4.43. The van der Waals surface area contributed by atoms with Crippen molar-refractivity contribution in [2.45, 2.75) is 20.0 Å². The van der Waals surface area contributed by atoms with Crippen molar-refractivity contribution in [3.8, 4) is 0 Å². The molecular formula is C10H18N2O2. The van der Waals surface area contributed by atoms with Gasteiger partial charge in [-0.1, -0.05) is 6.08 Å². The summed E-state index contributed by atoms with van der Waals surface area (Å²) in [6.07, 6.45) is 8.81. The highest BCUT2D eigenvalue weighted by Gasteiger charge is 2.15. The second-order valence-corrected chi connectivity index (χ2v) is 3.09. The van der Waals surface area contributed by atoms with Crippen molar-refractivity contribution in [1.29, 1.82) is 0 Å². The predicted molar refractivity (Wildman–Crippen MR) is 56.6 cm³/mol. The first-order valence-electron chi connectivity index (χ1n) is 4.43. The number of aliphatic carboxylic acids is 1. The molecule has 1 rings (SSSR count). The lowest BCUT2D eigenvalue weighted by atomic mass is 10.4. The number of allylic oxidation sites excluding steroid dienone is 1. The Bertz CT molecular complexity index is 220. The van der Waals surface area contributed by atoms with Gasteiger partial charge in [0, 0.05) is 33.4 Å².